The summed E-state index contributed by atoms with van der Waals surface area (Å²) in [5, 5.41) is 0. The lowest BCUT2D eigenvalue weighted by Crippen LogP contribution is -2.40. The summed E-state index contributed by atoms with van der Waals surface area (Å²) in [7, 11) is -0.275. The first-order valence-corrected chi connectivity index (χ1v) is 9.50. The van der Waals surface area contributed by atoms with Gasteiger partial charge >= 0.3 is 5.69 Å². The molecule has 9 nitrogen and oxygen atoms in total. The smallest absolute Gasteiger partial charge is 0.332 e. The van der Waals surface area contributed by atoms with Gasteiger partial charge in [0.15, 0.2) is 5.65 Å². The molecule has 24 heavy (non-hydrogen) atoms. The molecule has 0 aliphatic carbocycles. The van der Waals surface area contributed by atoms with Gasteiger partial charge < -0.3 is 4.98 Å². The number of aromatic nitrogens is 4. The van der Waals surface area contributed by atoms with Crippen LogP contribution in [0.15, 0.2) is 9.59 Å². The number of aryl methyl sites for hydroxylation is 1. The summed E-state index contributed by atoms with van der Waals surface area (Å²) < 4.78 is 28.0. The molecule has 1 saturated heterocycles. The van der Waals surface area contributed by atoms with Crippen molar-refractivity contribution in [2.75, 3.05) is 18.8 Å². The summed E-state index contributed by atoms with van der Waals surface area (Å²) in [6.07, 6.45) is 1.52. The van der Waals surface area contributed by atoms with Gasteiger partial charge in [-0.1, -0.05) is 0 Å². The van der Waals surface area contributed by atoms with Crippen molar-refractivity contribution in [2.45, 2.75) is 25.7 Å². The molecule has 0 aromatic carbocycles. The Balaban J connectivity index is 2.04. The van der Waals surface area contributed by atoms with E-state index in [1.807, 2.05) is 0 Å². The summed E-state index contributed by atoms with van der Waals surface area (Å²) in [6, 6.07) is 0. The van der Waals surface area contributed by atoms with Crippen LogP contribution in [-0.2, 0) is 24.1 Å². The number of piperidine rings is 1. The van der Waals surface area contributed by atoms with Crippen LogP contribution < -0.4 is 11.2 Å². The number of hydrogen-bond acceptors (Lipinski definition) is 5. The summed E-state index contributed by atoms with van der Waals surface area (Å²) in [5.41, 5.74) is -0.302. The van der Waals surface area contributed by atoms with E-state index in [4.69, 9.17) is 0 Å². The second-order valence-corrected chi connectivity index (χ2v) is 8.38. The highest BCUT2D eigenvalue weighted by atomic mass is 32.2. The molecule has 1 atom stereocenters. The molecule has 0 spiro atoms. The Bertz CT molecular complexity index is 1000. The van der Waals surface area contributed by atoms with Gasteiger partial charge in [0.25, 0.3) is 5.56 Å². The van der Waals surface area contributed by atoms with Gasteiger partial charge in [-0.2, -0.15) is 0 Å². The number of nitrogens with zero attached hydrogens (tertiary/aromatic N) is 4. The average Bonchev–Trinajstić information content (AvgIpc) is 3.04. The molecule has 1 aliphatic heterocycles. The molecule has 132 valence electrons. The molecule has 3 rings (SSSR count). The second kappa shape index (κ2) is 5.85. The van der Waals surface area contributed by atoms with E-state index >= 15 is 0 Å². The zero-order valence-corrected chi connectivity index (χ0v) is 14.8. The molecule has 1 N–H and O–H groups in total. The molecule has 0 bridgehead atoms. The zero-order chi connectivity index (χ0) is 17.6. The van der Waals surface area contributed by atoms with Crippen LogP contribution in [0.2, 0.25) is 0 Å². The Hall–Kier alpha value is -1.94. The normalized spacial score (nSPS) is 19.9. The van der Waals surface area contributed by atoms with E-state index < -0.39 is 21.3 Å². The molecular formula is C14H21N5O4S. The topological polar surface area (TPSA) is 110 Å². The van der Waals surface area contributed by atoms with Gasteiger partial charge in [-0.3, -0.25) is 13.9 Å². The third kappa shape index (κ3) is 2.59. The molecule has 1 unspecified atom stereocenters. The molecule has 1 aliphatic rings. The fourth-order valence-electron chi connectivity index (χ4n) is 3.14. The number of nitrogens with one attached hydrogen (secondary N) is 1. The van der Waals surface area contributed by atoms with E-state index in [0.717, 1.165) is 17.4 Å². The molecule has 0 radical (unpaired) electrons. The maximum Gasteiger partial charge on any atom is 0.332 e. The number of aromatic amines is 1. The van der Waals surface area contributed by atoms with Crippen LogP contribution in [0.5, 0.6) is 0 Å². The number of H-pyrrole nitrogens is 1. The first-order valence-electron chi connectivity index (χ1n) is 7.89. The van der Waals surface area contributed by atoms with Crippen molar-refractivity contribution in [3.63, 3.8) is 0 Å². The summed E-state index contributed by atoms with van der Waals surface area (Å²) in [4.78, 5) is 31.7. The lowest BCUT2D eigenvalue weighted by molar-refractivity contribution is 0.310. The number of hydrogen-bond donors (Lipinski definition) is 1. The Morgan fingerprint density at radius 3 is 2.62 bits per heavy atom. The third-order valence-corrected chi connectivity index (χ3v) is 6.49. The van der Waals surface area contributed by atoms with Crippen molar-refractivity contribution in [2.24, 2.45) is 14.1 Å². The van der Waals surface area contributed by atoms with E-state index in [1.165, 1.54) is 15.9 Å². The van der Waals surface area contributed by atoms with Gasteiger partial charge in [-0.05, 0) is 19.8 Å². The van der Waals surface area contributed by atoms with Crippen LogP contribution in [0, 0.1) is 0 Å². The standard InChI is InChI=1S/C14H21N5O4S/c1-4-24(22,23)19-7-5-6-9(8-19)11-15-10-12(16-11)17(2)14(21)18(3)13(10)20/h9H,4-8H2,1-3H3,(H,15,16). The van der Waals surface area contributed by atoms with Crippen LogP contribution in [0.1, 0.15) is 31.5 Å². The SMILES string of the molecule is CCS(=O)(=O)N1CCCC(c2nc3c([nH]2)c(=O)n(C)c(=O)n3C)C1. The number of fused-ring (bicyclic) bond motifs is 1. The molecule has 0 saturated carbocycles. The monoisotopic (exact) mass is 355 g/mol. The van der Waals surface area contributed by atoms with Gasteiger partial charge in [0.2, 0.25) is 10.0 Å². The highest BCUT2D eigenvalue weighted by Gasteiger charge is 2.30. The minimum Gasteiger partial charge on any atom is -0.336 e. The van der Waals surface area contributed by atoms with Gasteiger partial charge in [0, 0.05) is 33.1 Å². The fourth-order valence-corrected chi connectivity index (χ4v) is 4.32. The number of imidazole rings is 1. The van der Waals surface area contributed by atoms with E-state index in [2.05, 4.69) is 9.97 Å². The summed E-state index contributed by atoms with van der Waals surface area (Å²) in [5.74, 6) is 0.501. The van der Waals surface area contributed by atoms with E-state index in [9.17, 15) is 18.0 Å². The Morgan fingerprint density at radius 2 is 1.96 bits per heavy atom. The van der Waals surface area contributed by atoms with Crippen molar-refractivity contribution in [3.8, 4) is 0 Å². The maximum absolute atomic E-state index is 12.2. The maximum atomic E-state index is 12.2. The third-order valence-electron chi connectivity index (χ3n) is 4.64. The van der Waals surface area contributed by atoms with Crippen LogP contribution in [0.3, 0.4) is 0 Å². The number of rotatable bonds is 3. The molecule has 0 amide bonds. The second-order valence-electron chi connectivity index (χ2n) is 6.12. The Kier molecular flexibility index (Phi) is 4.12. The number of sulfonamides is 1. The fraction of sp³-hybridized carbons (Fsp3) is 0.643. The van der Waals surface area contributed by atoms with Crippen LogP contribution in [0.25, 0.3) is 11.2 Å². The molecule has 2 aromatic heterocycles. The predicted octanol–water partition coefficient (Wildman–Crippen LogP) is -0.511. The first-order chi connectivity index (χ1) is 11.3. The minimum atomic E-state index is -3.25. The van der Waals surface area contributed by atoms with Crippen LogP contribution in [-0.4, -0.2) is 50.7 Å². The van der Waals surface area contributed by atoms with Crippen LogP contribution >= 0.6 is 0 Å². The van der Waals surface area contributed by atoms with Crippen molar-refractivity contribution in [1.82, 2.24) is 23.4 Å². The molecule has 2 aromatic rings. The average molecular weight is 355 g/mol. The van der Waals surface area contributed by atoms with Crippen LogP contribution in [0.4, 0.5) is 0 Å². The largest absolute Gasteiger partial charge is 0.336 e. The molecule has 10 heteroatoms. The Labute approximate surface area is 139 Å². The van der Waals surface area contributed by atoms with Crippen molar-refractivity contribution in [3.05, 3.63) is 26.7 Å². The lowest BCUT2D eigenvalue weighted by Gasteiger charge is -2.30. The minimum absolute atomic E-state index is 0.0644. The zero-order valence-electron chi connectivity index (χ0n) is 13.9. The summed E-state index contributed by atoms with van der Waals surface area (Å²) >= 11 is 0. The van der Waals surface area contributed by atoms with Gasteiger partial charge in [0.05, 0.1) is 5.75 Å². The molecular weight excluding hydrogens is 334 g/mol. The van der Waals surface area contributed by atoms with Crippen molar-refractivity contribution < 1.29 is 8.42 Å². The first kappa shape index (κ1) is 16.9. The molecule has 1 fully saturated rings. The predicted molar refractivity (Wildman–Crippen MR) is 89.6 cm³/mol. The highest BCUT2D eigenvalue weighted by Crippen LogP contribution is 2.27. The quantitative estimate of drug-likeness (QED) is 0.797. The van der Waals surface area contributed by atoms with Gasteiger partial charge in [0.1, 0.15) is 11.3 Å². The van der Waals surface area contributed by atoms with E-state index in [0.29, 0.717) is 24.6 Å². The van der Waals surface area contributed by atoms with Gasteiger partial charge in [-0.15, -0.1) is 0 Å². The van der Waals surface area contributed by atoms with Crippen molar-refractivity contribution >= 4 is 21.2 Å². The van der Waals surface area contributed by atoms with E-state index in [-0.39, 0.29) is 17.2 Å². The van der Waals surface area contributed by atoms with Gasteiger partial charge in [-0.25, -0.2) is 22.5 Å². The lowest BCUT2D eigenvalue weighted by atomic mass is 9.99. The molecule has 3 heterocycles. The Morgan fingerprint density at radius 1 is 1.25 bits per heavy atom. The highest BCUT2D eigenvalue weighted by molar-refractivity contribution is 7.89. The van der Waals surface area contributed by atoms with Crippen molar-refractivity contribution in [1.29, 1.82) is 0 Å². The van der Waals surface area contributed by atoms with E-state index in [1.54, 1.807) is 14.0 Å². The summed E-state index contributed by atoms with van der Waals surface area (Å²) in [6.45, 7) is 2.47.